The van der Waals surface area contributed by atoms with E-state index in [2.05, 4.69) is 0 Å². The highest BCUT2D eigenvalue weighted by atomic mass is 32.2. The summed E-state index contributed by atoms with van der Waals surface area (Å²) in [7, 11) is -3.16. The lowest BCUT2D eigenvalue weighted by Gasteiger charge is -2.08. The van der Waals surface area contributed by atoms with Crippen LogP contribution in [0.15, 0.2) is 24.3 Å². The number of hydrogen-bond acceptors (Lipinski definition) is 3. The topological polar surface area (TPSA) is 51.2 Å². The van der Waals surface area contributed by atoms with Gasteiger partial charge < -0.3 is 0 Å². The van der Waals surface area contributed by atoms with Crippen molar-refractivity contribution in [3.05, 3.63) is 35.4 Å². The van der Waals surface area contributed by atoms with Gasteiger partial charge in [0.1, 0.15) is 9.84 Å². The van der Waals surface area contributed by atoms with Crippen molar-refractivity contribution in [2.45, 2.75) is 25.9 Å². The van der Waals surface area contributed by atoms with Crippen molar-refractivity contribution in [3.8, 4) is 0 Å². The molecule has 0 radical (unpaired) electrons. The fourth-order valence-corrected chi connectivity index (χ4v) is 2.48. The van der Waals surface area contributed by atoms with Gasteiger partial charge in [-0.1, -0.05) is 19.1 Å². The average Bonchev–Trinajstić information content (AvgIpc) is 2.37. The van der Waals surface area contributed by atoms with Crippen LogP contribution in [0.3, 0.4) is 0 Å². The normalized spacial score (nSPS) is 12.4. The first kappa shape index (κ1) is 16.7. The molecular formula is C13H15F3O3S. The summed E-state index contributed by atoms with van der Waals surface area (Å²) in [6, 6.07) is 4.14. The minimum Gasteiger partial charge on any atom is -0.294 e. The number of sulfone groups is 1. The summed E-state index contributed by atoms with van der Waals surface area (Å²) in [4.78, 5) is 11.7. The maximum Gasteiger partial charge on any atom is 0.416 e. The van der Waals surface area contributed by atoms with Gasteiger partial charge in [0, 0.05) is 17.7 Å². The van der Waals surface area contributed by atoms with Crippen LogP contribution in [0.5, 0.6) is 0 Å². The molecule has 0 saturated carbocycles. The molecule has 112 valence electrons. The molecule has 0 fully saturated rings. The van der Waals surface area contributed by atoms with Crippen LogP contribution in [0.1, 0.15) is 35.7 Å². The quantitative estimate of drug-likeness (QED) is 0.759. The van der Waals surface area contributed by atoms with E-state index >= 15 is 0 Å². The molecule has 0 spiro atoms. The second-order valence-electron chi connectivity index (χ2n) is 4.34. The summed E-state index contributed by atoms with van der Waals surface area (Å²) < 4.78 is 60.0. The smallest absolute Gasteiger partial charge is 0.294 e. The molecule has 3 nitrogen and oxygen atoms in total. The molecule has 0 aliphatic rings. The van der Waals surface area contributed by atoms with Crippen LogP contribution in [-0.2, 0) is 16.0 Å². The van der Waals surface area contributed by atoms with E-state index in [1.54, 1.807) is 0 Å². The molecule has 20 heavy (non-hydrogen) atoms. The van der Waals surface area contributed by atoms with Crippen LogP contribution in [0, 0.1) is 0 Å². The largest absolute Gasteiger partial charge is 0.416 e. The standard InChI is InChI=1S/C13H15F3O3S/c1-2-20(18,19)8-4-7-12(17)10-5-3-6-11(9-10)13(14,15)16/h3,5-6,9H,2,4,7-8H2,1H3. The monoisotopic (exact) mass is 308 g/mol. The summed E-state index contributed by atoms with van der Waals surface area (Å²) >= 11 is 0. The van der Waals surface area contributed by atoms with Gasteiger partial charge in [0.05, 0.1) is 11.3 Å². The van der Waals surface area contributed by atoms with E-state index in [1.165, 1.54) is 19.1 Å². The molecule has 0 saturated heterocycles. The second kappa shape index (κ2) is 6.39. The Morgan fingerprint density at radius 2 is 1.90 bits per heavy atom. The number of alkyl halides is 3. The first-order chi connectivity index (χ1) is 9.15. The van der Waals surface area contributed by atoms with E-state index in [0.29, 0.717) is 0 Å². The number of hydrogen-bond donors (Lipinski definition) is 0. The third kappa shape index (κ3) is 4.96. The molecule has 0 atom stereocenters. The van der Waals surface area contributed by atoms with Crippen molar-refractivity contribution in [3.63, 3.8) is 0 Å². The zero-order chi connectivity index (χ0) is 15.4. The zero-order valence-electron chi connectivity index (χ0n) is 10.9. The summed E-state index contributed by atoms with van der Waals surface area (Å²) in [6.07, 6.45) is -4.46. The van der Waals surface area contributed by atoms with E-state index < -0.39 is 27.4 Å². The highest BCUT2D eigenvalue weighted by Gasteiger charge is 2.30. The van der Waals surface area contributed by atoms with Gasteiger partial charge in [-0.25, -0.2) is 8.42 Å². The second-order valence-corrected chi connectivity index (χ2v) is 6.81. The van der Waals surface area contributed by atoms with Crippen molar-refractivity contribution >= 4 is 15.6 Å². The van der Waals surface area contributed by atoms with Gasteiger partial charge in [0.25, 0.3) is 0 Å². The third-order valence-corrected chi connectivity index (χ3v) is 4.60. The van der Waals surface area contributed by atoms with Crippen LogP contribution in [0.25, 0.3) is 0 Å². The lowest BCUT2D eigenvalue weighted by Crippen LogP contribution is -2.11. The molecule has 1 aromatic carbocycles. The van der Waals surface area contributed by atoms with Crippen LogP contribution < -0.4 is 0 Å². The van der Waals surface area contributed by atoms with Gasteiger partial charge in [-0.15, -0.1) is 0 Å². The van der Waals surface area contributed by atoms with Crippen LogP contribution in [-0.4, -0.2) is 25.7 Å². The Kier molecular flexibility index (Phi) is 5.33. The third-order valence-electron chi connectivity index (χ3n) is 2.81. The van der Waals surface area contributed by atoms with Crippen LogP contribution in [0.4, 0.5) is 13.2 Å². The number of benzene rings is 1. The Bertz CT molecular complexity index is 577. The maximum absolute atomic E-state index is 12.5. The Labute approximate surface area is 115 Å². The van der Waals surface area contributed by atoms with E-state index in [4.69, 9.17) is 0 Å². The molecule has 0 bridgehead atoms. The highest BCUT2D eigenvalue weighted by Crippen LogP contribution is 2.29. The first-order valence-corrected chi connectivity index (χ1v) is 7.89. The van der Waals surface area contributed by atoms with Crippen molar-refractivity contribution in [2.24, 2.45) is 0 Å². The molecule has 0 N–H and O–H groups in total. The van der Waals surface area contributed by atoms with Crippen molar-refractivity contribution in [2.75, 3.05) is 11.5 Å². The molecule has 0 aliphatic carbocycles. The van der Waals surface area contributed by atoms with Gasteiger partial charge >= 0.3 is 6.18 Å². The summed E-state index contributed by atoms with van der Waals surface area (Å²) in [5, 5.41) is 0. The molecule has 0 amide bonds. The average molecular weight is 308 g/mol. The molecule has 0 heterocycles. The Hall–Kier alpha value is -1.37. The molecule has 1 rings (SSSR count). The summed E-state index contributed by atoms with van der Waals surface area (Å²) in [6.45, 7) is 1.50. The highest BCUT2D eigenvalue weighted by molar-refractivity contribution is 7.91. The van der Waals surface area contributed by atoms with Gasteiger partial charge in [0.2, 0.25) is 0 Å². The van der Waals surface area contributed by atoms with Gasteiger partial charge in [-0.3, -0.25) is 4.79 Å². The predicted octanol–water partition coefficient (Wildman–Crippen LogP) is 3.10. The molecule has 0 unspecified atom stereocenters. The van der Waals surface area contributed by atoms with Crippen LogP contribution >= 0.6 is 0 Å². The van der Waals surface area contributed by atoms with Crippen molar-refractivity contribution in [1.29, 1.82) is 0 Å². The SMILES string of the molecule is CCS(=O)(=O)CCCC(=O)c1cccc(C(F)(F)F)c1. The van der Waals surface area contributed by atoms with Gasteiger partial charge in [0.15, 0.2) is 5.78 Å². The van der Waals surface area contributed by atoms with E-state index in [9.17, 15) is 26.4 Å². The lowest BCUT2D eigenvalue weighted by molar-refractivity contribution is -0.137. The molecule has 1 aromatic rings. The number of carbonyl (C=O) groups is 1. The molecule has 0 aliphatic heterocycles. The summed E-state index contributed by atoms with van der Waals surface area (Å²) in [5.41, 5.74) is -0.932. The number of halogens is 3. The van der Waals surface area contributed by atoms with E-state index in [0.717, 1.165) is 12.1 Å². The molecular weight excluding hydrogens is 293 g/mol. The van der Waals surface area contributed by atoms with E-state index in [-0.39, 0.29) is 29.9 Å². The first-order valence-electron chi connectivity index (χ1n) is 6.06. The molecule has 0 aromatic heterocycles. The summed E-state index contributed by atoms with van der Waals surface area (Å²) in [5.74, 6) is -0.624. The van der Waals surface area contributed by atoms with E-state index in [1.807, 2.05) is 0 Å². The number of Topliss-reactive ketones (excluding diaryl/α,β-unsaturated/α-hetero) is 1. The van der Waals surface area contributed by atoms with Gasteiger partial charge in [-0.05, 0) is 18.6 Å². The minimum absolute atomic E-state index is 0.00918. The van der Waals surface area contributed by atoms with Crippen LogP contribution in [0.2, 0.25) is 0 Å². The minimum atomic E-state index is -4.50. The predicted molar refractivity (Wildman–Crippen MR) is 69.3 cm³/mol. The lowest BCUT2D eigenvalue weighted by atomic mass is 10.0. The number of ketones is 1. The molecule has 7 heteroatoms. The fraction of sp³-hybridized carbons (Fsp3) is 0.462. The fourth-order valence-electron chi connectivity index (χ4n) is 1.61. The number of rotatable bonds is 6. The maximum atomic E-state index is 12.5. The van der Waals surface area contributed by atoms with Crippen molar-refractivity contribution < 1.29 is 26.4 Å². The van der Waals surface area contributed by atoms with Crippen molar-refractivity contribution in [1.82, 2.24) is 0 Å². The van der Waals surface area contributed by atoms with Gasteiger partial charge in [-0.2, -0.15) is 13.2 Å². The Morgan fingerprint density at radius 1 is 1.25 bits per heavy atom. The Balaban J connectivity index is 2.69. The zero-order valence-corrected chi connectivity index (χ0v) is 11.7. The Morgan fingerprint density at radius 3 is 2.45 bits per heavy atom. The number of carbonyl (C=O) groups excluding carboxylic acids is 1.